The van der Waals surface area contributed by atoms with Crippen LogP contribution in [0.4, 0.5) is 0 Å². The Morgan fingerprint density at radius 3 is 2.33 bits per heavy atom. The second-order valence-electron chi connectivity index (χ2n) is 4.24. The number of para-hydroxylation sites is 1. The Labute approximate surface area is 132 Å². The minimum atomic E-state index is -0.103. The van der Waals surface area contributed by atoms with Crippen LogP contribution in [0.15, 0.2) is 36.4 Å². The van der Waals surface area contributed by atoms with Crippen molar-refractivity contribution >= 4 is 29.0 Å². The first-order valence-electron chi connectivity index (χ1n) is 6.11. The molecule has 0 aliphatic carbocycles. The van der Waals surface area contributed by atoms with Gasteiger partial charge in [-0.1, -0.05) is 35.3 Å². The van der Waals surface area contributed by atoms with Crippen molar-refractivity contribution in [3.63, 3.8) is 0 Å². The number of nitrogens with two attached hydrogens (primary N) is 1. The highest BCUT2D eigenvalue weighted by Crippen LogP contribution is 2.33. The molecule has 3 N–H and O–H groups in total. The number of nitrogens with one attached hydrogen (secondary N) is 1. The molecule has 0 spiro atoms. The van der Waals surface area contributed by atoms with Crippen LogP contribution in [0, 0.1) is 5.41 Å². The van der Waals surface area contributed by atoms with Gasteiger partial charge in [0.1, 0.15) is 12.4 Å². The molecule has 0 heterocycles. The fraction of sp³-hybridized carbons (Fsp3) is 0.133. The number of nitrogen functional groups attached to an aromatic ring is 1. The van der Waals surface area contributed by atoms with Gasteiger partial charge in [0.05, 0.1) is 12.7 Å². The SMILES string of the molecule is COc1cccc(C(=N)N)c1OCc1c(Cl)cccc1Cl. The molecule has 4 nitrogen and oxygen atoms in total. The van der Waals surface area contributed by atoms with E-state index in [9.17, 15) is 0 Å². The summed E-state index contributed by atoms with van der Waals surface area (Å²) in [5.41, 5.74) is 6.69. The lowest BCUT2D eigenvalue weighted by molar-refractivity contribution is 0.284. The quantitative estimate of drug-likeness (QED) is 0.648. The van der Waals surface area contributed by atoms with Gasteiger partial charge in [-0.2, -0.15) is 0 Å². The zero-order chi connectivity index (χ0) is 15.4. The van der Waals surface area contributed by atoms with E-state index in [4.69, 9.17) is 43.8 Å². The van der Waals surface area contributed by atoms with Crippen molar-refractivity contribution in [1.82, 2.24) is 0 Å². The van der Waals surface area contributed by atoms with E-state index in [1.807, 2.05) is 0 Å². The van der Waals surface area contributed by atoms with Gasteiger partial charge in [-0.25, -0.2) is 0 Å². The van der Waals surface area contributed by atoms with Crippen LogP contribution < -0.4 is 15.2 Å². The van der Waals surface area contributed by atoms with Crippen molar-refractivity contribution in [2.75, 3.05) is 7.11 Å². The molecule has 0 unspecified atom stereocenters. The molecule has 2 rings (SSSR count). The highest BCUT2D eigenvalue weighted by Gasteiger charge is 2.14. The smallest absolute Gasteiger partial charge is 0.172 e. The van der Waals surface area contributed by atoms with Gasteiger partial charge in [0.25, 0.3) is 0 Å². The zero-order valence-electron chi connectivity index (χ0n) is 11.3. The summed E-state index contributed by atoms with van der Waals surface area (Å²) >= 11 is 12.2. The molecule has 2 aromatic carbocycles. The Morgan fingerprint density at radius 1 is 1.14 bits per heavy atom. The molecule has 0 aliphatic heterocycles. The van der Waals surface area contributed by atoms with E-state index in [0.717, 1.165) is 0 Å². The maximum atomic E-state index is 7.61. The summed E-state index contributed by atoms with van der Waals surface area (Å²) in [5, 5.41) is 8.64. The Morgan fingerprint density at radius 2 is 1.76 bits per heavy atom. The van der Waals surface area contributed by atoms with Crippen LogP contribution >= 0.6 is 23.2 Å². The third kappa shape index (κ3) is 3.40. The summed E-state index contributed by atoms with van der Waals surface area (Å²) in [4.78, 5) is 0. The molecule has 0 bridgehead atoms. The van der Waals surface area contributed by atoms with Crippen LogP contribution in [-0.4, -0.2) is 12.9 Å². The maximum Gasteiger partial charge on any atom is 0.172 e. The normalized spacial score (nSPS) is 10.2. The topological polar surface area (TPSA) is 68.3 Å². The molecule has 0 saturated carbocycles. The minimum absolute atomic E-state index is 0.103. The lowest BCUT2D eigenvalue weighted by Crippen LogP contribution is -2.13. The van der Waals surface area contributed by atoms with Crippen molar-refractivity contribution < 1.29 is 9.47 Å². The number of methoxy groups -OCH3 is 1. The van der Waals surface area contributed by atoms with E-state index in [2.05, 4.69) is 0 Å². The summed E-state index contributed by atoms with van der Waals surface area (Å²) in [6.07, 6.45) is 0. The molecule has 0 aliphatic rings. The molecule has 0 saturated heterocycles. The first kappa shape index (κ1) is 15.5. The van der Waals surface area contributed by atoms with Crippen molar-refractivity contribution in [2.45, 2.75) is 6.61 Å². The monoisotopic (exact) mass is 324 g/mol. The molecule has 110 valence electrons. The lowest BCUT2D eigenvalue weighted by Gasteiger charge is -2.15. The predicted octanol–water partition coefficient (Wildman–Crippen LogP) is 3.87. The van der Waals surface area contributed by atoms with Crippen molar-refractivity contribution in [2.24, 2.45) is 5.73 Å². The van der Waals surface area contributed by atoms with Crippen molar-refractivity contribution in [3.05, 3.63) is 57.6 Å². The first-order valence-corrected chi connectivity index (χ1v) is 6.87. The summed E-state index contributed by atoms with van der Waals surface area (Å²) in [7, 11) is 1.52. The molecule has 0 radical (unpaired) electrons. The van der Waals surface area contributed by atoms with Crippen LogP contribution in [0.25, 0.3) is 0 Å². The van der Waals surface area contributed by atoms with Gasteiger partial charge in [0.2, 0.25) is 0 Å². The molecule has 0 atom stereocenters. The second-order valence-corrected chi connectivity index (χ2v) is 5.05. The van der Waals surface area contributed by atoms with E-state index in [1.165, 1.54) is 7.11 Å². The number of amidine groups is 1. The third-order valence-electron chi connectivity index (χ3n) is 2.91. The van der Waals surface area contributed by atoms with Gasteiger partial charge in [0.15, 0.2) is 11.5 Å². The molecular weight excluding hydrogens is 311 g/mol. The van der Waals surface area contributed by atoms with E-state index in [-0.39, 0.29) is 12.4 Å². The molecule has 21 heavy (non-hydrogen) atoms. The number of benzene rings is 2. The largest absolute Gasteiger partial charge is 0.493 e. The summed E-state index contributed by atoms with van der Waals surface area (Å²) in [5.74, 6) is 0.781. The average molecular weight is 325 g/mol. The third-order valence-corrected chi connectivity index (χ3v) is 3.62. The Bertz CT molecular complexity index is 654. The minimum Gasteiger partial charge on any atom is -0.493 e. The second kappa shape index (κ2) is 6.70. The number of hydrogen-bond donors (Lipinski definition) is 2. The van der Waals surface area contributed by atoms with Gasteiger partial charge in [-0.15, -0.1) is 0 Å². The lowest BCUT2D eigenvalue weighted by atomic mass is 10.1. The highest BCUT2D eigenvalue weighted by molar-refractivity contribution is 6.35. The molecule has 2 aromatic rings. The molecule has 6 heteroatoms. The molecule has 0 fully saturated rings. The van der Waals surface area contributed by atoms with Gasteiger partial charge >= 0.3 is 0 Å². The zero-order valence-corrected chi connectivity index (χ0v) is 12.8. The molecule has 0 amide bonds. The van der Waals surface area contributed by atoms with Crippen LogP contribution in [0.2, 0.25) is 10.0 Å². The van der Waals surface area contributed by atoms with E-state index in [0.29, 0.717) is 32.7 Å². The van der Waals surface area contributed by atoms with E-state index < -0.39 is 0 Å². The van der Waals surface area contributed by atoms with Gasteiger partial charge in [-0.3, -0.25) is 5.41 Å². The van der Waals surface area contributed by atoms with Crippen LogP contribution in [0.1, 0.15) is 11.1 Å². The summed E-state index contributed by atoms with van der Waals surface area (Å²) < 4.78 is 11.0. The number of rotatable bonds is 5. The van der Waals surface area contributed by atoms with E-state index >= 15 is 0 Å². The fourth-order valence-corrected chi connectivity index (χ4v) is 2.36. The van der Waals surface area contributed by atoms with Gasteiger partial charge in [0, 0.05) is 15.6 Å². The predicted molar refractivity (Wildman–Crippen MR) is 84.8 cm³/mol. The summed E-state index contributed by atoms with van der Waals surface area (Å²) in [6, 6.07) is 10.4. The van der Waals surface area contributed by atoms with Crippen LogP contribution in [0.3, 0.4) is 0 Å². The van der Waals surface area contributed by atoms with E-state index in [1.54, 1.807) is 36.4 Å². The van der Waals surface area contributed by atoms with Gasteiger partial charge in [-0.05, 0) is 24.3 Å². The Balaban J connectivity index is 2.33. The Hall–Kier alpha value is -1.91. The fourth-order valence-electron chi connectivity index (χ4n) is 1.85. The first-order chi connectivity index (χ1) is 10.0. The number of hydrogen-bond acceptors (Lipinski definition) is 3. The standard InChI is InChI=1S/C15H14Cl2N2O2/c1-20-13-7-2-4-9(15(18)19)14(13)21-8-10-11(16)5-3-6-12(10)17/h2-7H,8H2,1H3,(H3,18,19). The van der Waals surface area contributed by atoms with Crippen LogP contribution in [0.5, 0.6) is 11.5 Å². The molecular formula is C15H14Cl2N2O2. The van der Waals surface area contributed by atoms with Crippen molar-refractivity contribution in [1.29, 1.82) is 5.41 Å². The Kier molecular flexibility index (Phi) is 4.94. The van der Waals surface area contributed by atoms with Crippen LogP contribution in [-0.2, 0) is 6.61 Å². The number of halogens is 2. The van der Waals surface area contributed by atoms with Crippen molar-refractivity contribution in [3.8, 4) is 11.5 Å². The molecule has 0 aromatic heterocycles. The maximum absolute atomic E-state index is 7.61. The highest BCUT2D eigenvalue weighted by atomic mass is 35.5. The summed E-state index contributed by atoms with van der Waals surface area (Å²) in [6.45, 7) is 0.152. The average Bonchev–Trinajstić information content (AvgIpc) is 2.46. The number of ether oxygens (including phenoxy) is 2. The van der Waals surface area contributed by atoms with Gasteiger partial charge < -0.3 is 15.2 Å².